The summed E-state index contributed by atoms with van der Waals surface area (Å²) in [6, 6.07) is 12.3. The monoisotopic (exact) mass is 420 g/mol. The fraction of sp³-hybridized carbons (Fsp3) is 0.364. The van der Waals surface area contributed by atoms with Gasteiger partial charge in [-0.25, -0.2) is 0 Å². The van der Waals surface area contributed by atoms with Gasteiger partial charge in [0.2, 0.25) is 5.91 Å². The fourth-order valence-corrected chi connectivity index (χ4v) is 4.79. The standard InChI is InChI=1S/C22H24N6OS/c1-14-21-17(15-5-7-16(30-2)8-6-15)13-20(29)23-22(21)28(26-14)19-10-9-18(24-25-19)27-11-3-4-12-27/h5-10,17H,3-4,11-13H2,1-2H3,(H,23,29)/t17-/m1/s1. The summed E-state index contributed by atoms with van der Waals surface area (Å²) >= 11 is 1.71. The molecule has 1 fully saturated rings. The highest BCUT2D eigenvalue weighted by Crippen LogP contribution is 2.40. The lowest BCUT2D eigenvalue weighted by molar-refractivity contribution is -0.116. The number of hydrogen-bond acceptors (Lipinski definition) is 6. The van der Waals surface area contributed by atoms with Crippen molar-refractivity contribution in [3.05, 3.63) is 53.2 Å². The SMILES string of the molecule is CSc1ccc([C@H]2CC(=O)Nc3c2c(C)nn3-c2ccc(N3CCCC3)nn2)cc1. The molecule has 0 spiro atoms. The minimum atomic E-state index is -0.0183. The molecule has 5 rings (SSSR count). The van der Waals surface area contributed by atoms with Crippen molar-refractivity contribution in [1.29, 1.82) is 0 Å². The van der Waals surface area contributed by atoms with Gasteiger partial charge >= 0.3 is 0 Å². The quantitative estimate of drug-likeness (QED) is 0.648. The van der Waals surface area contributed by atoms with E-state index in [0.29, 0.717) is 18.1 Å². The van der Waals surface area contributed by atoms with Gasteiger partial charge in [-0.2, -0.15) is 9.78 Å². The lowest BCUT2D eigenvalue weighted by Gasteiger charge is -2.24. The van der Waals surface area contributed by atoms with Gasteiger partial charge in [0.25, 0.3) is 0 Å². The van der Waals surface area contributed by atoms with Crippen molar-refractivity contribution in [1.82, 2.24) is 20.0 Å². The molecule has 154 valence electrons. The predicted octanol–water partition coefficient (Wildman–Crippen LogP) is 3.77. The molecule has 0 saturated carbocycles. The van der Waals surface area contributed by atoms with Gasteiger partial charge in [-0.3, -0.25) is 4.79 Å². The number of aryl methyl sites for hydroxylation is 1. The summed E-state index contributed by atoms with van der Waals surface area (Å²) in [7, 11) is 0. The first-order valence-electron chi connectivity index (χ1n) is 10.3. The molecular formula is C22H24N6OS. The third kappa shape index (κ3) is 3.35. The zero-order valence-electron chi connectivity index (χ0n) is 17.1. The first-order valence-corrected chi connectivity index (χ1v) is 11.5. The summed E-state index contributed by atoms with van der Waals surface area (Å²) < 4.78 is 1.71. The Hall–Kier alpha value is -2.87. The molecule has 2 aliphatic heterocycles. The van der Waals surface area contributed by atoms with E-state index in [0.717, 1.165) is 35.7 Å². The van der Waals surface area contributed by atoms with Crippen LogP contribution in [0.15, 0.2) is 41.3 Å². The third-order valence-electron chi connectivity index (χ3n) is 5.90. The molecule has 4 heterocycles. The summed E-state index contributed by atoms with van der Waals surface area (Å²) in [6.45, 7) is 4.04. The number of hydrogen-bond donors (Lipinski definition) is 1. The number of aromatic nitrogens is 4. The molecule has 0 radical (unpaired) electrons. The van der Waals surface area contributed by atoms with E-state index in [9.17, 15) is 4.79 Å². The number of nitrogens with zero attached hydrogens (tertiary/aromatic N) is 5. The number of fused-ring (bicyclic) bond motifs is 1. The van der Waals surface area contributed by atoms with Gasteiger partial charge in [0, 0.05) is 35.9 Å². The second-order valence-electron chi connectivity index (χ2n) is 7.78. The first-order chi connectivity index (χ1) is 14.6. The second kappa shape index (κ2) is 7.75. The molecule has 7 nitrogen and oxygen atoms in total. The summed E-state index contributed by atoms with van der Waals surface area (Å²) in [5.74, 6) is 2.18. The molecule has 3 aromatic rings. The summed E-state index contributed by atoms with van der Waals surface area (Å²) in [5.41, 5.74) is 3.08. The number of thioether (sulfide) groups is 1. The van der Waals surface area contributed by atoms with Crippen molar-refractivity contribution in [2.24, 2.45) is 0 Å². The Morgan fingerprint density at radius 3 is 2.40 bits per heavy atom. The van der Waals surface area contributed by atoms with Crippen LogP contribution in [0.2, 0.25) is 0 Å². The van der Waals surface area contributed by atoms with E-state index in [2.05, 4.69) is 50.9 Å². The Balaban J connectivity index is 1.52. The Labute approximate surface area is 179 Å². The number of benzene rings is 1. The smallest absolute Gasteiger partial charge is 0.226 e. The zero-order valence-corrected chi connectivity index (χ0v) is 17.9. The average molecular weight is 421 g/mol. The zero-order chi connectivity index (χ0) is 20.7. The Morgan fingerprint density at radius 2 is 1.73 bits per heavy atom. The van der Waals surface area contributed by atoms with Crippen molar-refractivity contribution in [2.45, 2.75) is 37.0 Å². The molecule has 0 unspecified atom stereocenters. The number of anilines is 2. The van der Waals surface area contributed by atoms with Crippen LogP contribution >= 0.6 is 11.8 Å². The van der Waals surface area contributed by atoms with E-state index in [1.54, 1.807) is 16.4 Å². The van der Waals surface area contributed by atoms with Gasteiger partial charge in [0.1, 0.15) is 5.82 Å². The molecule has 0 bridgehead atoms. The maximum absolute atomic E-state index is 12.6. The molecule has 1 aromatic carbocycles. The lowest BCUT2D eigenvalue weighted by Crippen LogP contribution is -2.25. The van der Waals surface area contributed by atoms with E-state index >= 15 is 0 Å². The van der Waals surface area contributed by atoms with Crippen LogP contribution in [0.3, 0.4) is 0 Å². The second-order valence-corrected chi connectivity index (χ2v) is 8.66. The van der Waals surface area contributed by atoms with Crippen molar-refractivity contribution in [3.63, 3.8) is 0 Å². The van der Waals surface area contributed by atoms with E-state index < -0.39 is 0 Å². The average Bonchev–Trinajstić information content (AvgIpc) is 3.42. The van der Waals surface area contributed by atoms with Crippen LogP contribution in [0.25, 0.3) is 5.82 Å². The highest BCUT2D eigenvalue weighted by Gasteiger charge is 2.33. The minimum absolute atomic E-state index is 0.00996. The maximum atomic E-state index is 12.6. The normalized spacial score (nSPS) is 18.4. The Bertz CT molecular complexity index is 1070. The summed E-state index contributed by atoms with van der Waals surface area (Å²) in [6.07, 6.45) is 4.87. The molecule has 1 N–H and O–H groups in total. The number of amides is 1. The number of rotatable bonds is 4. The third-order valence-corrected chi connectivity index (χ3v) is 6.65. The molecule has 1 atom stereocenters. The van der Waals surface area contributed by atoms with Gasteiger partial charge in [0.15, 0.2) is 11.6 Å². The van der Waals surface area contributed by atoms with Crippen LogP contribution in [0.1, 0.15) is 42.0 Å². The lowest BCUT2D eigenvalue weighted by atomic mass is 9.86. The van der Waals surface area contributed by atoms with E-state index in [1.807, 2.05) is 19.1 Å². The van der Waals surface area contributed by atoms with E-state index in [1.165, 1.54) is 17.7 Å². The molecule has 30 heavy (non-hydrogen) atoms. The van der Waals surface area contributed by atoms with Crippen LogP contribution < -0.4 is 10.2 Å². The topological polar surface area (TPSA) is 75.9 Å². The highest BCUT2D eigenvalue weighted by molar-refractivity contribution is 7.98. The number of carbonyl (C=O) groups excluding carboxylic acids is 1. The largest absolute Gasteiger partial charge is 0.355 e. The van der Waals surface area contributed by atoms with Gasteiger partial charge in [-0.15, -0.1) is 22.0 Å². The first kappa shape index (κ1) is 19.1. The molecule has 1 amide bonds. The summed E-state index contributed by atoms with van der Waals surface area (Å²) in [4.78, 5) is 16.0. The number of carbonyl (C=O) groups is 1. The van der Waals surface area contributed by atoms with Crippen LogP contribution in [0.4, 0.5) is 11.6 Å². The van der Waals surface area contributed by atoms with Crippen molar-refractivity contribution < 1.29 is 4.79 Å². The maximum Gasteiger partial charge on any atom is 0.226 e. The predicted molar refractivity (Wildman–Crippen MR) is 119 cm³/mol. The van der Waals surface area contributed by atoms with Gasteiger partial charge in [0.05, 0.1) is 5.69 Å². The van der Waals surface area contributed by atoms with Crippen molar-refractivity contribution in [3.8, 4) is 5.82 Å². The van der Waals surface area contributed by atoms with Crippen LogP contribution in [-0.4, -0.2) is 45.2 Å². The highest BCUT2D eigenvalue weighted by atomic mass is 32.2. The van der Waals surface area contributed by atoms with Gasteiger partial charge < -0.3 is 10.2 Å². The van der Waals surface area contributed by atoms with Gasteiger partial charge in [-0.1, -0.05) is 12.1 Å². The molecule has 1 saturated heterocycles. The van der Waals surface area contributed by atoms with E-state index in [-0.39, 0.29) is 11.8 Å². The summed E-state index contributed by atoms with van der Waals surface area (Å²) in [5, 5.41) is 16.6. The van der Waals surface area contributed by atoms with Crippen LogP contribution in [0, 0.1) is 6.92 Å². The van der Waals surface area contributed by atoms with Crippen LogP contribution in [0.5, 0.6) is 0 Å². The fourth-order valence-electron chi connectivity index (χ4n) is 4.38. The molecule has 2 aromatic heterocycles. The van der Waals surface area contributed by atoms with Gasteiger partial charge in [-0.05, 0) is 55.9 Å². The van der Waals surface area contributed by atoms with Crippen molar-refractivity contribution in [2.75, 3.05) is 29.6 Å². The molecule has 8 heteroatoms. The molecular weight excluding hydrogens is 396 g/mol. The Kier molecular flexibility index (Phi) is 4.94. The minimum Gasteiger partial charge on any atom is -0.355 e. The van der Waals surface area contributed by atoms with E-state index in [4.69, 9.17) is 5.10 Å². The number of nitrogens with one attached hydrogen (secondary N) is 1. The van der Waals surface area contributed by atoms with Crippen LogP contribution in [-0.2, 0) is 4.79 Å². The van der Waals surface area contributed by atoms with Crippen molar-refractivity contribution >= 4 is 29.3 Å². The molecule has 0 aliphatic carbocycles. The Morgan fingerprint density at radius 1 is 1.03 bits per heavy atom. The molecule has 2 aliphatic rings.